The largest absolute Gasteiger partial charge is 0.507 e. The number of phenolic OH excluding ortho intramolecular Hbond substituents is 1. The minimum absolute atomic E-state index is 0.0369. The first-order valence-electron chi connectivity index (χ1n) is 5.08. The van der Waals surface area contributed by atoms with Crippen LogP contribution in [0.15, 0.2) is 12.1 Å². The van der Waals surface area contributed by atoms with Gasteiger partial charge < -0.3 is 9.84 Å². The first kappa shape index (κ1) is 13.3. The van der Waals surface area contributed by atoms with E-state index in [1.165, 1.54) is 12.1 Å². The summed E-state index contributed by atoms with van der Waals surface area (Å²) in [7, 11) is 0. The molecule has 0 fully saturated rings. The highest BCUT2D eigenvalue weighted by Crippen LogP contribution is 2.24. The Hall–Kier alpha value is -1.73. The second-order valence-corrected chi connectivity index (χ2v) is 3.63. The summed E-state index contributed by atoms with van der Waals surface area (Å²) in [5, 5.41) is 18.3. The van der Waals surface area contributed by atoms with E-state index in [-0.39, 0.29) is 29.6 Å². The molecular weight excluding hydrogens is 242 g/mol. The maximum atomic E-state index is 11.3. The molecule has 0 bridgehead atoms. The first-order chi connectivity index (χ1) is 8.12. The molecule has 0 amide bonds. The fourth-order valence-corrected chi connectivity index (χ4v) is 1.67. The van der Waals surface area contributed by atoms with Crippen molar-refractivity contribution < 1.29 is 14.6 Å². The van der Waals surface area contributed by atoms with Crippen molar-refractivity contribution in [3.05, 3.63) is 28.8 Å². The van der Waals surface area contributed by atoms with Crippen LogP contribution in [0.2, 0.25) is 0 Å². The van der Waals surface area contributed by atoms with Gasteiger partial charge in [0, 0.05) is 5.88 Å². The average Bonchev–Trinajstić information content (AvgIpc) is 2.29. The van der Waals surface area contributed by atoms with Gasteiger partial charge in [-0.15, -0.1) is 11.6 Å². The third-order valence-corrected chi connectivity index (χ3v) is 2.51. The number of benzene rings is 1. The van der Waals surface area contributed by atoms with Crippen LogP contribution in [-0.2, 0) is 21.8 Å². The number of nitriles is 1. The van der Waals surface area contributed by atoms with Crippen LogP contribution in [0.3, 0.4) is 0 Å². The van der Waals surface area contributed by atoms with Gasteiger partial charge >= 0.3 is 5.97 Å². The molecule has 1 N–H and O–H groups in total. The Morgan fingerprint density at radius 1 is 1.53 bits per heavy atom. The van der Waals surface area contributed by atoms with E-state index in [2.05, 4.69) is 0 Å². The van der Waals surface area contributed by atoms with Gasteiger partial charge in [-0.2, -0.15) is 5.26 Å². The number of nitrogens with zero attached hydrogens (tertiary/aromatic N) is 1. The lowest BCUT2D eigenvalue weighted by molar-refractivity contribution is -0.142. The van der Waals surface area contributed by atoms with Crippen LogP contribution in [0, 0.1) is 11.3 Å². The molecule has 0 unspecified atom stereocenters. The number of halogens is 1. The van der Waals surface area contributed by atoms with Crippen molar-refractivity contribution in [2.45, 2.75) is 19.2 Å². The molecule has 17 heavy (non-hydrogen) atoms. The molecule has 0 radical (unpaired) electrons. The van der Waals surface area contributed by atoms with Crippen molar-refractivity contribution in [2.75, 3.05) is 6.61 Å². The number of rotatable bonds is 4. The average molecular weight is 254 g/mol. The second kappa shape index (κ2) is 6.12. The predicted molar refractivity (Wildman–Crippen MR) is 62.7 cm³/mol. The molecule has 0 aliphatic rings. The normalized spacial score (nSPS) is 9.71. The summed E-state index contributed by atoms with van der Waals surface area (Å²) < 4.78 is 4.81. The molecule has 4 nitrogen and oxygen atoms in total. The highest BCUT2D eigenvalue weighted by atomic mass is 35.5. The number of carbonyl (C=O) groups excluding carboxylic acids is 1. The fraction of sp³-hybridized carbons (Fsp3) is 0.333. The first-order valence-corrected chi connectivity index (χ1v) is 5.62. The molecule has 5 heteroatoms. The van der Waals surface area contributed by atoms with Crippen LogP contribution < -0.4 is 0 Å². The Kier molecular flexibility index (Phi) is 4.80. The van der Waals surface area contributed by atoms with Gasteiger partial charge in [0.2, 0.25) is 0 Å². The number of hydrogen-bond acceptors (Lipinski definition) is 4. The zero-order chi connectivity index (χ0) is 12.8. The Bertz CT molecular complexity index is 466. The molecule has 0 atom stereocenters. The second-order valence-electron chi connectivity index (χ2n) is 3.37. The maximum absolute atomic E-state index is 11.3. The number of carbonyl (C=O) groups is 1. The van der Waals surface area contributed by atoms with E-state index in [9.17, 15) is 9.90 Å². The number of esters is 1. The summed E-state index contributed by atoms with van der Waals surface area (Å²) in [5.41, 5.74) is 1.37. The van der Waals surface area contributed by atoms with Crippen LogP contribution >= 0.6 is 11.6 Å². The molecule has 0 aromatic heterocycles. The minimum Gasteiger partial charge on any atom is -0.507 e. The van der Waals surface area contributed by atoms with Crippen molar-refractivity contribution in [2.24, 2.45) is 0 Å². The van der Waals surface area contributed by atoms with Crippen molar-refractivity contribution in [3.8, 4) is 11.8 Å². The highest BCUT2D eigenvalue weighted by molar-refractivity contribution is 6.17. The molecule has 1 aromatic rings. The summed E-state index contributed by atoms with van der Waals surface area (Å²) in [4.78, 5) is 11.3. The lowest BCUT2D eigenvalue weighted by Gasteiger charge is -2.08. The van der Waals surface area contributed by atoms with Gasteiger partial charge in [0.05, 0.1) is 18.6 Å². The van der Waals surface area contributed by atoms with Crippen molar-refractivity contribution >= 4 is 17.6 Å². The zero-order valence-electron chi connectivity index (χ0n) is 9.36. The van der Waals surface area contributed by atoms with E-state index in [4.69, 9.17) is 21.6 Å². The zero-order valence-corrected chi connectivity index (χ0v) is 10.1. The molecule has 90 valence electrons. The standard InChI is InChI=1S/C12H12ClNO3/c1-2-17-12(16)5-8-4-11(15)10(7-14)3-9(8)6-13/h3-4,15H,2,5-6H2,1H3. The minimum atomic E-state index is -0.386. The molecule has 0 heterocycles. The lowest BCUT2D eigenvalue weighted by Crippen LogP contribution is -2.09. The van der Waals surface area contributed by atoms with Gasteiger partial charge in [-0.05, 0) is 30.2 Å². The molecule has 1 aromatic carbocycles. The molecule has 1 rings (SSSR count). The molecule has 0 spiro atoms. The summed E-state index contributed by atoms with van der Waals surface area (Å²) in [5.74, 6) is -0.368. The summed E-state index contributed by atoms with van der Waals surface area (Å²) in [6.45, 7) is 2.02. The summed E-state index contributed by atoms with van der Waals surface area (Å²) >= 11 is 5.73. The maximum Gasteiger partial charge on any atom is 0.310 e. The van der Waals surface area contributed by atoms with Crippen LogP contribution in [0.4, 0.5) is 0 Å². The SMILES string of the molecule is CCOC(=O)Cc1cc(O)c(C#N)cc1CCl. The number of ether oxygens (including phenoxy) is 1. The van der Waals surface area contributed by atoms with E-state index in [0.717, 1.165) is 0 Å². The van der Waals surface area contributed by atoms with Gasteiger partial charge in [0.15, 0.2) is 0 Å². The van der Waals surface area contributed by atoms with Gasteiger partial charge in [-0.1, -0.05) is 0 Å². The Morgan fingerprint density at radius 3 is 2.76 bits per heavy atom. The lowest BCUT2D eigenvalue weighted by atomic mass is 10.0. The topological polar surface area (TPSA) is 70.3 Å². The quantitative estimate of drug-likeness (QED) is 0.659. The highest BCUT2D eigenvalue weighted by Gasteiger charge is 2.12. The Labute approximate surface area is 104 Å². The van der Waals surface area contributed by atoms with Crippen molar-refractivity contribution in [1.29, 1.82) is 5.26 Å². The van der Waals surface area contributed by atoms with Crippen LogP contribution in [-0.4, -0.2) is 17.7 Å². The van der Waals surface area contributed by atoms with E-state index in [1.54, 1.807) is 6.92 Å². The number of phenols is 1. The van der Waals surface area contributed by atoms with Crippen LogP contribution in [0.5, 0.6) is 5.75 Å². The Balaban J connectivity index is 3.03. The van der Waals surface area contributed by atoms with Gasteiger partial charge in [0.1, 0.15) is 11.8 Å². The molecule has 0 aliphatic heterocycles. The summed E-state index contributed by atoms with van der Waals surface area (Å²) in [6.07, 6.45) is 0.0369. The smallest absolute Gasteiger partial charge is 0.310 e. The van der Waals surface area contributed by atoms with E-state index in [1.807, 2.05) is 6.07 Å². The van der Waals surface area contributed by atoms with Gasteiger partial charge in [-0.25, -0.2) is 0 Å². The Morgan fingerprint density at radius 2 is 2.24 bits per heavy atom. The number of hydrogen-bond donors (Lipinski definition) is 1. The van der Waals surface area contributed by atoms with Gasteiger partial charge in [-0.3, -0.25) is 4.79 Å². The monoisotopic (exact) mass is 253 g/mol. The number of alkyl halides is 1. The molecular formula is C12H12ClNO3. The summed E-state index contributed by atoms with van der Waals surface area (Å²) in [6, 6.07) is 4.72. The third-order valence-electron chi connectivity index (χ3n) is 2.22. The predicted octanol–water partition coefficient (Wildman–Crippen LogP) is 2.11. The molecule has 0 saturated carbocycles. The van der Waals surface area contributed by atoms with Crippen LogP contribution in [0.1, 0.15) is 23.6 Å². The molecule has 0 aliphatic carbocycles. The number of aromatic hydroxyl groups is 1. The van der Waals surface area contributed by atoms with Gasteiger partial charge in [0.25, 0.3) is 0 Å². The fourth-order valence-electron chi connectivity index (χ4n) is 1.42. The molecule has 0 saturated heterocycles. The third kappa shape index (κ3) is 3.36. The van der Waals surface area contributed by atoms with E-state index in [0.29, 0.717) is 17.7 Å². The van der Waals surface area contributed by atoms with Crippen LogP contribution in [0.25, 0.3) is 0 Å². The van der Waals surface area contributed by atoms with E-state index < -0.39 is 0 Å². The van der Waals surface area contributed by atoms with E-state index >= 15 is 0 Å². The van der Waals surface area contributed by atoms with Crippen molar-refractivity contribution in [1.82, 2.24) is 0 Å². The van der Waals surface area contributed by atoms with Crippen molar-refractivity contribution in [3.63, 3.8) is 0 Å².